The summed E-state index contributed by atoms with van der Waals surface area (Å²) in [5, 5.41) is 0.692. The van der Waals surface area contributed by atoms with E-state index in [1.165, 1.54) is 4.90 Å². The summed E-state index contributed by atoms with van der Waals surface area (Å²) < 4.78 is 0.324. The minimum atomic E-state index is -0.363. The molecule has 2 heterocycles. The number of thioether (sulfide) groups is 1. The quantitative estimate of drug-likeness (QED) is 0.267. The highest BCUT2D eigenvalue weighted by atomic mass is 35.5. The van der Waals surface area contributed by atoms with Crippen molar-refractivity contribution in [2.45, 2.75) is 0 Å². The van der Waals surface area contributed by atoms with Gasteiger partial charge in [0.2, 0.25) is 0 Å². The maximum atomic E-state index is 13.6. The highest BCUT2D eigenvalue weighted by Crippen LogP contribution is 2.46. The molecule has 9 heteroatoms. The van der Waals surface area contributed by atoms with Crippen LogP contribution in [0.5, 0.6) is 0 Å². The Morgan fingerprint density at radius 2 is 1.70 bits per heavy atom. The Labute approximate surface area is 211 Å². The van der Waals surface area contributed by atoms with Crippen LogP contribution in [-0.4, -0.2) is 40.8 Å². The standard InChI is InChI=1S/C24H19Cl2N3O2S2/c1-3-11-27(12-4-2)14-28-19-8-6-5-7-16(19)20(22(28)30)21-23(31)29(24(32)33-21)15-9-10-17(25)18(26)13-15/h3-10,13H,1-2,11-12,14H2/b21-20-. The fourth-order valence-electron chi connectivity index (χ4n) is 3.76. The first-order valence-electron chi connectivity index (χ1n) is 9.98. The number of anilines is 2. The number of rotatable bonds is 7. The van der Waals surface area contributed by atoms with Crippen LogP contribution in [0.2, 0.25) is 10.0 Å². The minimum Gasteiger partial charge on any atom is -0.294 e. The van der Waals surface area contributed by atoms with Gasteiger partial charge in [-0.05, 0) is 24.3 Å². The number of benzene rings is 2. The summed E-state index contributed by atoms with van der Waals surface area (Å²) in [6.07, 6.45) is 3.55. The molecule has 0 spiro atoms. The third kappa shape index (κ3) is 4.39. The second-order valence-corrected chi connectivity index (χ2v) is 9.77. The predicted octanol–water partition coefficient (Wildman–Crippen LogP) is 5.75. The van der Waals surface area contributed by atoms with Gasteiger partial charge in [0.05, 0.1) is 38.6 Å². The largest absolute Gasteiger partial charge is 0.294 e. The SMILES string of the molecule is C=CCN(CC=C)CN1C(=O)/C(=C2\SC(=S)N(c3ccc(Cl)c(Cl)c3)C2=O)c2ccccc21. The van der Waals surface area contributed by atoms with Crippen LogP contribution in [0.3, 0.4) is 0 Å². The second-order valence-electron chi connectivity index (χ2n) is 7.32. The van der Waals surface area contributed by atoms with Gasteiger partial charge in [-0.2, -0.15) is 0 Å². The van der Waals surface area contributed by atoms with Crippen molar-refractivity contribution in [1.29, 1.82) is 0 Å². The normalized spacial score (nSPS) is 17.8. The molecule has 0 radical (unpaired) electrons. The predicted molar refractivity (Wildman–Crippen MR) is 142 cm³/mol. The van der Waals surface area contributed by atoms with E-state index in [4.69, 9.17) is 35.4 Å². The van der Waals surface area contributed by atoms with Gasteiger partial charge in [0, 0.05) is 18.7 Å². The first-order valence-corrected chi connectivity index (χ1v) is 12.0. The number of carbonyl (C=O) groups is 2. The van der Waals surface area contributed by atoms with Crippen molar-refractivity contribution in [3.05, 3.63) is 88.3 Å². The molecule has 0 bridgehead atoms. The fraction of sp³-hybridized carbons (Fsp3) is 0.125. The first kappa shape index (κ1) is 23.7. The Balaban J connectivity index is 1.75. The summed E-state index contributed by atoms with van der Waals surface area (Å²) in [6.45, 7) is 9.10. The summed E-state index contributed by atoms with van der Waals surface area (Å²) in [4.78, 5) is 32.4. The van der Waals surface area contributed by atoms with Gasteiger partial charge >= 0.3 is 0 Å². The monoisotopic (exact) mass is 515 g/mol. The van der Waals surface area contributed by atoms with E-state index in [0.717, 1.165) is 17.4 Å². The molecule has 2 aromatic carbocycles. The molecule has 1 fully saturated rings. The van der Waals surface area contributed by atoms with E-state index < -0.39 is 0 Å². The lowest BCUT2D eigenvalue weighted by Crippen LogP contribution is -2.40. The summed E-state index contributed by atoms with van der Waals surface area (Å²) in [6, 6.07) is 12.3. The molecule has 0 atom stereocenters. The Morgan fingerprint density at radius 3 is 2.36 bits per heavy atom. The molecule has 1 saturated heterocycles. The fourth-order valence-corrected chi connectivity index (χ4v) is 5.42. The van der Waals surface area contributed by atoms with Crippen molar-refractivity contribution in [1.82, 2.24) is 4.90 Å². The molecule has 4 rings (SSSR count). The zero-order valence-electron chi connectivity index (χ0n) is 17.5. The molecule has 2 aliphatic heterocycles. The lowest BCUT2D eigenvalue weighted by molar-refractivity contribution is -0.115. The first-order chi connectivity index (χ1) is 15.9. The van der Waals surface area contributed by atoms with Crippen LogP contribution >= 0.6 is 47.2 Å². The molecular weight excluding hydrogens is 497 g/mol. The lowest BCUT2D eigenvalue weighted by Gasteiger charge is -2.26. The third-order valence-electron chi connectivity index (χ3n) is 5.20. The molecule has 5 nitrogen and oxygen atoms in total. The zero-order chi connectivity index (χ0) is 23.7. The van der Waals surface area contributed by atoms with Crippen LogP contribution in [0.1, 0.15) is 5.56 Å². The molecule has 0 unspecified atom stereocenters. The van der Waals surface area contributed by atoms with Gasteiger partial charge in [-0.3, -0.25) is 24.3 Å². The van der Waals surface area contributed by atoms with Crippen molar-refractivity contribution >= 4 is 80.3 Å². The van der Waals surface area contributed by atoms with Crippen molar-refractivity contribution in [2.75, 3.05) is 29.6 Å². The van der Waals surface area contributed by atoms with Crippen LogP contribution < -0.4 is 9.80 Å². The van der Waals surface area contributed by atoms with Gasteiger partial charge < -0.3 is 0 Å². The maximum Gasteiger partial charge on any atom is 0.271 e. The van der Waals surface area contributed by atoms with Gasteiger partial charge in [0.15, 0.2) is 4.32 Å². The second kappa shape index (κ2) is 9.83. The number of para-hydroxylation sites is 1. The Hall–Kier alpha value is -2.42. The van der Waals surface area contributed by atoms with E-state index in [-0.39, 0.29) is 11.8 Å². The number of carbonyl (C=O) groups excluding carboxylic acids is 2. The summed E-state index contributed by atoms with van der Waals surface area (Å²) in [5.41, 5.74) is 2.30. The number of halogens is 2. The van der Waals surface area contributed by atoms with Gasteiger partial charge in [0.1, 0.15) is 0 Å². The molecule has 168 valence electrons. The van der Waals surface area contributed by atoms with Gasteiger partial charge in [-0.25, -0.2) is 0 Å². The third-order valence-corrected chi connectivity index (χ3v) is 7.31. The van der Waals surface area contributed by atoms with Crippen molar-refractivity contribution in [3.63, 3.8) is 0 Å². The average molecular weight is 516 g/mol. The van der Waals surface area contributed by atoms with E-state index in [9.17, 15) is 9.59 Å². The zero-order valence-corrected chi connectivity index (χ0v) is 20.6. The van der Waals surface area contributed by atoms with E-state index in [1.807, 2.05) is 29.2 Å². The molecule has 2 aromatic rings. The summed E-state index contributed by atoms with van der Waals surface area (Å²) in [5.74, 6) is -0.610. The molecule has 0 saturated carbocycles. The van der Waals surface area contributed by atoms with Crippen LogP contribution in [0, 0.1) is 0 Å². The summed E-state index contributed by atoms with van der Waals surface area (Å²) >= 11 is 18.8. The lowest BCUT2D eigenvalue weighted by atomic mass is 10.1. The van der Waals surface area contributed by atoms with Crippen LogP contribution in [-0.2, 0) is 9.59 Å². The molecular formula is C24H19Cl2N3O2S2. The van der Waals surface area contributed by atoms with E-state index in [2.05, 4.69) is 13.2 Å². The molecule has 2 amide bonds. The van der Waals surface area contributed by atoms with Crippen molar-refractivity contribution < 1.29 is 9.59 Å². The molecule has 2 aliphatic rings. The van der Waals surface area contributed by atoms with Crippen molar-refractivity contribution in [2.24, 2.45) is 0 Å². The van der Waals surface area contributed by atoms with Crippen LogP contribution in [0.4, 0.5) is 11.4 Å². The van der Waals surface area contributed by atoms with Crippen LogP contribution in [0.15, 0.2) is 72.7 Å². The molecule has 0 aliphatic carbocycles. The highest BCUT2D eigenvalue weighted by molar-refractivity contribution is 8.27. The Morgan fingerprint density at radius 1 is 1.00 bits per heavy atom. The number of nitrogens with zero attached hydrogens (tertiary/aromatic N) is 3. The molecule has 0 N–H and O–H groups in total. The Kier molecular flexibility index (Phi) is 7.07. The number of hydrogen-bond acceptors (Lipinski definition) is 5. The highest BCUT2D eigenvalue weighted by Gasteiger charge is 2.42. The number of fused-ring (bicyclic) bond motifs is 1. The number of thiocarbonyl (C=S) groups is 1. The van der Waals surface area contributed by atoms with E-state index >= 15 is 0 Å². The topological polar surface area (TPSA) is 43.9 Å². The summed E-state index contributed by atoms with van der Waals surface area (Å²) in [7, 11) is 0. The maximum absolute atomic E-state index is 13.6. The molecule has 0 aromatic heterocycles. The Bertz CT molecular complexity index is 1220. The number of amides is 2. The van der Waals surface area contributed by atoms with E-state index in [1.54, 1.807) is 35.3 Å². The molecule has 33 heavy (non-hydrogen) atoms. The van der Waals surface area contributed by atoms with Crippen molar-refractivity contribution in [3.8, 4) is 0 Å². The average Bonchev–Trinajstić information content (AvgIpc) is 3.23. The van der Waals surface area contributed by atoms with E-state index in [0.29, 0.717) is 55.9 Å². The number of hydrogen-bond donors (Lipinski definition) is 0. The van der Waals surface area contributed by atoms with Gasteiger partial charge in [-0.15, -0.1) is 13.2 Å². The van der Waals surface area contributed by atoms with Crippen LogP contribution in [0.25, 0.3) is 5.57 Å². The minimum absolute atomic E-state index is 0.246. The van der Waals surface area contributed by atoms with Gasteiger partial charge in [-0.1, -0.05) is 77.5 Å². The smallest absolute Gasteiger partial charge is 0.271 e. The van der Waals surface area contributed by atoms with Gasteiger partial charge in [0.25, 0.3) is 11.8 Å².